The zero-order valence-electron chi connectivity index (χ0n) is 10.5. The van der Waals surface area contributed by atoms with Gasteiger partial charge < -0.3 is 5.11 Å². The maximum atomic E-state index is 11.8. The summed E-state index contributed by atoms with van der Waals surface area (Å²) >= 11 is 1.50. The van der Waals surface area contributed by atoms with Crippen molar-refractivity contribution in [3.05, 3.63) is 29.3 Å². The molecule has 2 rings (SSSR count). The lowest BCUT2D eigenvalue weighted by Gasteiger charge is -2.14. The first kappa shape index (κ1) is 13.4. The summed E-state index contributed by atoms with van der Waals surface area (Å²) in [6.07, 6.45) is -0.556. The highest BCUT2D eigenvalue weighted by Crippen LogP contribution is 2.24. The van der Waals surface area contributed by atoms with Crippen molar-refractivity contribution < 1.29 is 14.7 Å². The van der Waals surface area contributed by atoms with Crippen LogP contribution in [0.2, 0.25) is 0 Å². The molecule has 4 nitrogen and oxygen atoms in total. The number of aliphatic hydroxyl groups excluding tert-OH is 1. The number of aliphatic hydroxyl groups is 1. The maximum Gasteiger partial charge on any atom is 0.256 e. The van der Waals surface area contributed by atoms with Crippen molar-refractivity contribution in [1.29, 1.82) is 0 Å². The minimum atomic E-state index is -0.556. The quantitative estimate of drug-likeness (QED) is 0.844. The van der Waals surface area contributed by atoms with Gasteiger partial charge in [-0.25, -0.2) is 5.06 Å². The van der Waals surface area contributed by atoms with Gasteiger partial charge in [-0.3, -0.25) is 9.63 Å². The third-order valence-electron chi connectivity index (χ3n) is 2.77. The predicted molar refractivity (Wildman–Crippen MR) is 70.3 cm³/mol. The second-order valence-corrected chi connectivity index (χ2v) is 5.48. The number of hydrogen-bond donors (Lipinski definition) is 1. The molecule has 5 heteroatoms. The standard InChI is InChI=1S/C13H17NO3S/c1-9-3-4-10(2)12(5-9)18-8-13(16)14-6-11(15)7-17-14/h3-5,11,15H,6-8H2,1-2H3/t11-/m0/s1. The predicted octanol–water partition coefficient (Wildman–Crippen LogP) is 1.53. The molecule has 1 aromatic rings. The van der Waals surface area contributed by atoms with E-state index in [1.54, 1.807) is 0 Å². The van der Waals surface area contributed by atoms with E-state index >= 15 is 0 Å². The highest BCUT2D eigenvalue weighted by atomic mass is 32.2. The molecule has 1 fully saturated rings. The van der Waals surface area contributed by atoms with Gasteiger partial charge in [0, 0.05) is 4.90 Å². The second kappa shape index (κ2) is 5.73. The van der Waals surface area contributed by atoms with Crippen molar-refractivity contribution in [3.8, 4) is 0 Å². The Morgan fingerprint density at radius 3 is 3.00 bits per heavy atom. The lowest BCUT2D eigenvalue weighted by atomic mass is 10.2. The van der Waals surface area contributed by atoms with Crippen molar-refractivity contribution in [2.45, 2.75) is 24.8 Å². The molecule has 98 valence electrons. The molecule has 1 saturated heterocycles. The van der Waals surface area contributed by atoms with Crippen LogP contribution < -0.4 is 0 Å². The number of β-amino-alcohol motifs (C(OH)–C–C–N with tert-alkyl or cyclic N) is 1. The summed E-state index contributed by atoms with van der Waals surface area (Å²) in [4.78, 5) is 18.0. The van der Waals surface area contributed by atoms with Gasteiger partial charge in [-0.15, -0.1) is 11.8 Å². The summed E-state index contributed by atoms with van der Waals surface area (Å²) in [6.45, 7) is 4.54. The molecule has 1 aromatic carbocycles. The maximum absolute atomic E-state index is 11.8. The first-order chi connectivity index (χ1) is 8.56. The summed E-state index contributed by atoms with van der Waals surface area (Å²) in [6, 6.07) is 6.19. The van der Waals surface area contributed by atoms with Gasteiger partial charge in [0.1, 0.15) is 6.61 Å². The monoisotopic (exact) mass is 267 g/mol. The number of hydrogen-bond acceptors (Lipinski definition) is 4. The van der Waals surface area contributed by atoms with Gasteiger partial charge in [-0.2, -0.15) is 0 Å². The van der Waals surface area contributed by atoms with E-state index in [2.05, 4.69) is 18.2 Å². The second-order valence-electron chi connectivity index (χ2n) is 4.46. The van der Waals surface area contributed by atoms with Crippen molar-refractivity contribution >= 4 is 17.7 Å². The molecular weight excluding hydrogens is 250 g/mol. The van der Waals surface area contributed by atoms with Crippen LogP contribution in [0.1, 0.15) is 11.1 Å². The molecule has 1 heterocycles. The summed E-state index contributed by atoms with van der Waals surface area (Å²) < 4.78 is 0. The molecule has 0 radical (unpaired) electrons. The van der Waals surface area contributed by atoms with E-state index in [1.165, 1.54) is 28.0 Å². The number of aryl methyl sites for hydroxylation is 2. The van der Waals surface area contributed by atoms with Crippen LogP contribution in [0, 0.1) is 13.8 Å². The number of benzene rings is 1. The minimum Gasteiger partial charge on any atom is -0.389 e. The fourth-order valence-electron chi connectivity index (χ4n) is 1.72. The van der Waals surface area contributed by atoms with E-state index < -0.39 is 6.10 Å². The van der Waals surface area contributed by atoms with Crippen LogP contribution in [0.3, 0.4) is 0 Å². The minimum absolute atomic E-state index is 0.0996. The largest absolute Gasteiger partial charge is 0.389 e. The summed E-state index contributed by atoms with van der Waals surface area (Å²) in [5.74, 6) is 0.231. The fourth-order valence-corrected chi connectivity index (χ4v) is 2.71. The van der Waals surface area contributed by atoms with E-state index in [-0.39, 0.29) is 19.1 Å². The highest BCUT2D eigenvalue weighted by molar-refractivity contribution is 8.00. The van der Waals surface area contributed by atoms with Gasteiger partial charge in [0.15, 0.2) is 0 Å². The molecule has 1 atom stereocenters. The number of thioether (sulfide) groups is 1. The van der Waals surface area contributed by atoms with Crippen LogP contribution in [0.4, 0.5) is 0 Å². The number of hydroxylamine groups is 2. The Kier molecular flexibility index (Phi) is 4.27. The SMILES string of the molecule is Cc1ccc(C)c(SCC(=O)N2C[C@H](O)CO2)c1. The lowest BCUT2D eigenvalue weighted by molar-refractivity contribution is -0.165. The zero-order valence-corrected chi connectivity index (χ0v) is 11.4. The molecule has 18 heavy (non-hydrogen) atoms. The van der Waals surface area contributed by atoms with E-state index in [0.717, 1.165) is 4.90 Å². The summed E-state index contributed by atoms with van der Waals surface area (Å²) in [7, 11) is 0. The van der Waals surface area contributed by atoms with Crippen LogP contribution in [0.15, 0.2) is 23.1 Å². The topological polar surface area (TPSA) is 49.8 Å². The van der Waals surface area contributed by atoms with Crippen molar-refractivity contribution in [3.63, 3.8) is 0 Å². The molecule has 0 unspecified atom stereocenters. The van der Waals surface area contributed by atoms with Gasteiger partial charge in [-0.1, -0.05) is 17.7 Å². The molecular formula is C13H17NO3S. The van der Waals surface area contributed by atoms with Crippen LogP contribution in [0.25, 0.3) is 0 Å². The molecule has 0 aliphatic carbocycles. The smallest absolute Gasteiger partial charge is 0.256 e. The van der Waals surface area contributed by atoms with Crippen molar-refractivity contribution in [2.24, 2.45) is 0 Å². The number of carbonyl (C=O) groups excluding carboxylic acids is 1. The van der Waals surface area contributed by atoms with Gasteiger partial charge in [0.05, 0.1) is 18.4 Å². The number of rotatable bonds is 3. The highest BCUT2D eigenvalue weighted by Gasteiger charge is 2.25. The van der Waals surface area contributed by atoms with Gasteiger partial charge in [-0.05, 0) is 25.5 Å². The third-order valence-corrected chi connectivity index (χ3v) is 3.91. The van der Waals surface area contributed by atoms with Crippen LogP contribution in [-0.2, 0) is 9.63 Å². The molecule has 1 amide bonds. The van der Waals surface area contributed by atoms with E-state index in [1.807, 2.05) is 13.8 Å². The molecule has 1 aliphatic heterocycles. The number of nitrogens with zero attached hydrogens (tertiary/aromatic N) is 1. The molecule has 0 saturated carbocycles. The Morgan fingerprint density at radius 1 is 1.56 bits per heavy atom. The van der Waals surface area contributed by atoms with E-state index in [4.69, 9.17) is 4.84 Å². The first-order valence-electron chi connectivity index (χ1n) is 5.87. The fraction of sp³-hybridized carbons (Fsp3) is 0.462. The van der Waals surface area contributed by atoms with Crippen LogP contribution >= 0.6 is 11.8 Å². The molecule has 1 N–H and O–H groups in total. The van der Waals surface area contributed by atoms with Gasteiger partial charge in [0.2, 0.25) is 0 Å². The van der Waals surface area contributed by atoms with Crippen LogP contribution in [-0.4, -0.2) is 41.1 Å². The molecule has 0 spiro atoms. The summed E-state index contributed by atoms with van der Waals surface area (Å²) in [5.41, 5.74) is 2.35. The number of carbonyl (C=O) groups is 1. The third kappa shape index (κ3) is 3.25. The number of amides is 1. The van der Waals surface area contributed by atoms with Crippen molar-refractivity contribution in [1.82, 2.24) is 5.06 Å². The average Bonchev–Trinajstić information content (AvgIpc) is 2.77. The van der Waals surface area contributed by atoms with Crippen molar-refractivity contribution in [2.75, 3.05) is 18.9 Å². The normalized spacial score (nSPS) is 19.3. The zero-order chi connectivity index (χ0) is 13.1. The Balaban J connectivity index is 1.91. The molecule has 0 aromatic heterocycles. The van der Waals surface area contributed by atoms with Crippen LogP contribution in [0.5, 0.6) is 0 Å². The molecule has 1 aliphatic rings. The van der Waals surface area contributed by atoms with E-state index in [9.17, 15) is 9.90 Å². The average molecular weight is 267 g/mol. The Morgan fingerprint density at radius 2 is 2.33 bits per heavy atom. The lowest BCUT2D eigenvalue weighted by Crippen LogP contribution is -2.29. The van der Waals surface area contributed by atoms with Gasteiger partial charge in [0.25, 0.3) is 5.91 Å². The Hall–Kier alpha value is -1.04. The summed E-state index contributed by atoms with van der Waals surface area (Å²) in [5, 5.41) is 10.5. The first-order valence-corrected chi connectivity index (χ1v) is 6.86. The van der Waals surface area contributed by atoms with E-state index in [0.29, 0.717) is 5.75 Å². The Labute approximate surface area is 111 Å². The Bertz CT molecular complexity index is 450. The van der Waals surface area contributed by atoms with Gasteiger partial charge >= 0.3 is 0 Å². The molecule has 0 bridgehead atoms.